The Morgan fingerprint density at radius 2 is 1.82 bits per heavy atom. The second-order valence-electron chi connectivity index (χ2n) is 6.22. The SMILES string of the molecule is C[Si](C)(C)O[Si](C)(CF)C1CCCCC1(Cl)Cl. The molecular weight excluding hydrogens is 294 g/mol. The lowest BCUT2D eigenvalue weighted by molar-refractivity contribution is 0.393. The number of hydrogen-bond acceptors (Lipinski definition) is 1. The molecule has 1 aliphatic carbocycles. The maximum absolute atomic E-state index is 13.5. The van der Waals surface area contributed by atoms with Crippen molar-refractivity contribution in [3.63, 3.8) is 0 Å². The molecule has 0 bridgehead atoms. The average Bonchev–Trinajstić information content (AvgIpc) is 2.14. The molecule has 0 amide bonds. The van der Waals surface area contributed by atoms with E-state index in [1.54, 1.807) is 0 Å². The zero-order chi connectivity index (χ0) is 13.3. The van der Waals surface area contributed by atoms with Crippen LogP contribution in [0.1, 0.15) is 25.7 Å². The third kappa shape index (κ3) is 4.20. The molecule has 1 fully saturated rings. The fraction of sp³-hybridized carbons (Fsp3) is 1.00. The Labute approximate surface area is 116 Å². The summed E-state index contributed by atoms with van der Waals surface area (Å²) >= 11 is 12.8. The largest absolute Gasteiger partial charge is 0.454 e. The molecule has 1 nitrogen and oxygen atoms in total. The first kappa shape index (κ1) is 16.0. The monoisotopic (exact) mass is 316 g/mol. The van der Waals surface area contributed by atoms with Gasteiger partial charge in [-0.05, 0) is 39.0 Å². The number of alkyl halides is 3. The van der Waals surface area contributed by atoms with E-state index in [9.17, 15) is 4.39 Å². The Morgan fingerprint density at radius 3 is 2.24 bits per heavy atom. The Bertz CT molecular complexity index is 271. The second-order valence-corrected chi connectivity index (χ2v) is 16.4. The van der Waals surface area contributed by atoms with Crippen LogP contribution >= 0.6 is 23.2 Å². The highest BCUT2D eigenvalue weighted by atomic mass is 35.5. The first-order valence-electron chi connectivity index (χ1n) is 6.25. The van der Waals surface area contributed by atoms with Crippen LogP contribution in [0.4, 0.5) is 4.39 Å². The van der Waals surface area contributed by atoms with Gasteiger partial charge in [-0.3, -0.25) is 4.39 Å². The van der Waals surface area contributed by atoms with E-state index < -0.39 is 21.0 Å². The van der Waals surface area contributed by atoms with Crippen molar-refractivity contribution < 1.29 is 8.51 Å². The van der Waals surface area contributed by atoms with Gasteiger partial charge in [0.15, 0.2) is 8.32 Å². The highest BCUT2D eigenvalue weighted by Gasteiger charge is 2.52. The summed E-state index contributed by atoms with van der Waals surface area (Å²) in [6.45, 7) is 8.25. The Hall–Kier alpha value is 0.904. The summed E-state index contributed by atoms with van der Waals surface area (Å²) in [6.07, 6.45) is 3.41. The average molecular weight is 317 g/mol. The Morgan fingerprint density at radius 1 is 1.24 bits per heavy atom. The molecule has 102 valence electrons. The molecule has 2 atom stereocenters. The Balaban J connectivity index is 2.91. The van der Waals surface area contributed by atoms with Crippen LogP contribution in [0.15, 0.2) is 0 Å². The van der Waals surface area contributed by atoms with E-state index in [2.05, 4.69) is 19.6 Å². The van der Waals surface area contributed by atoms with Gasteiger partial charge in [0.05, 0.1) is 0 Å². The molecule has 6 heteroatoms. The zero-order valence-electron chi connectivity index (χ0n) is 11.2. The molecule has 0 spiro atoms. The van der Waals surface area contributed by atoms with Crippen LogP contribution in [-0.4, -0.2) is 27.3 Å². The summed E-state index contributed by atoms with van der Waals surface area (Å²) in [6, 6.07) is 0. The van der Waals surface area contributed by atoms with Crippen LogP contribution in [0.5, 0.6) is 0 Å². The molecule has 1 saturated carbocycles. The lowest BCUT2D eigenvalue weighted by Gasteiger charge is -2.45. The van der Waals surface area contributed by atoms with Crippen LogP contribution in [0.2, 0.25) is 31.7 Å². The summed E-state index contributed by atoms with van der Waals surface area (Å²) < 4.78 is 18.9. The van der Waals surface area contributed by atoms with Gasteiger partial charge in [0.1, 0.15) is 10.6 Å². The van der Waals surface area contributed by atoms with Crippen molar-refractivity contribution in [1.29, 1.82) is 0 Å². The van der Waals surface area contributed by atoms with Crippen LogP contribution < -0.4 is 0 Å². The fourth-order valence-electron chi connectivity index (χ4n) is 2.74. The van der Waals surface area contributed by atoms with E-state index in [1.165, 1.54) is 0 Å². The van der Waals surface area contributed by atoms with Gasteiger partial charge < -0.3 is 4.12 Å². The van der Waals surface area contributed by atoms with Crippen LogP contribution in [0, 0.1) is 0 Å². The molecule has 0 N–H and O–H groups in total. The van der Waals surface area contributed by atoms with E-state index in [4.69, 9.17) is 27.3 Å². The molecule has 17 heavy (non-hydrogen) atoms. The highest BCUT2D eigenvalue weighted by Crippen LogP contribution is 2.51. The van der Waals surface area contributed by atoms with E-state index in [1.807, 2.05) is 6.55 Å². The normalized spacial score (nSPS) is 28.8. The molecule has 0 aromatic carbocycles. The minimum atomic E-state index is -2.46. The zero-order valence-corrected chi connectivity index (χ0v) is 14.7. The molecule has 0 aromatic heterocycles. The van der Waals surface area contributed by atoms with Crippen LogP contribution in [-0.2, 0) is 4.12 Å². The van der Waals surface area contributed by atoms with Crippen molar-refractivity contribution in [2.75, 3.05) is 6.30 Å². The maximum atomic E-state index is 13.5. The molecular formula is C11H23Cl2FOSi2. The standard InChI is InChI=1S/C11H23Cl2FOSi2/c1-16(2,3)15-17(4,9-14)10-7-5-6-8-11(10,12)13/h10H,5-9H2,1-4H3. The summed E-state index contributed by atoms with van der Waals surface area (Å²) in [5.41, 5.74) is 0.0174. The highest BCUT2D eigenvalue weighted by molar-refractivity contribution is 6.86. The van der Waals surface area contributed by atoms with E-state index in [-0.39, 0.29) is 11.8 Å². The molecule has 0 aromatic rings. The molecule has 2 unspecified atom stereocenters. The maximum Gasteiger partial charge on any atom is 0.214 e. The number of hydrogen-bond donors (Lipinski definition) is 0. The molecule has 0 radical (unpaired) electrons. The number of rotatable bonds is 4. The first-order valence-corrected chi connectivity index (χ1v) is 13.1. The van der Waals surface area contributed by atoms with Gasteiger partial charge >= 0.3 is 0 Å². The van der Waals surface area contributed by atoms with Crippen molar-refractivity contribution in [3.8, 4) is 0 Å². The van der Waals surface area contributed by atoms with Crippen LogP contribution in [0.25, 0.3) is 0 Å². The van der Waals surface area contributed by atoms with E-state index in [0.29, 0.717) is 0 Å². The molecule has 0 saturated heterocycles. The molecule has 0 heterocycles. The quantitative estimate of drug-likeness (QED) is 0.521. The van der Waals surface area contributed by atoms with Gasteiger partial charge in [-0.25, -0.2) is 0 Å². The van der Waals surface area contributed by atoms with Crippen molar-refractivity contribution >= 4 is 39.8 Å². The van der Waals surface area contributed by atoms with Crippen molar-refractivity contribution in [2.24, 2.45) is 0 Å². The number of halogens is 3. The summed E-state index contributed by atoms with van der Waals surface area (Å²) in [5, 5.41) is 0. The summed E-state index contributed by atoms with van der Waals surface area (Å²) in [7, 11) is -4.22. The minimum absolute atomic E-state index is 0.0174. The van der Waals surface area contributed by atoms with Gasteiger partial charge in [-0.15, -0.1) is 23.2 Å². The van der Waals surface area contributed by atoms with Crippen molar-refractivity contribution in [1.82, 2.24) is 0 Å². The third-order valence-electron chi connectivity index (χ3n) is 3.30. The molecule has 0 aliphatic heterocycles. The van der Waals surface area contributed by atoms with Gasteiger partial charge in [-0.1, -0.05) is 12.8 Å². The molecule has 1 rings (SSSR count). The summed E-state index contributed by atoms with van der Waals surface area (Å²) in [5.74, 6) is 0. The van der Waals surface area contributed by atoms with Crippen molar-refractivity contribution in [3.05, 3.63) is 0 Å². The topological polar surface area (TPSA) is 9.23 Å². The third-order valence-corrected chi connectivity index (χ3v) is 11.7. The van der Waals surface area contributed by atoms with Gasteiger partial charge in [-0.2, -0.15) is 0 Å². The van der Waals surface area contributed by atoms with E-state index in [0.717, 1.165) is 25.7 Å². The summed E-state index contributed by atoms with van der Waals surface area (Å²) in [4.78, 5) is 0. The van der Waals surface area contributed by atoms with Gasteiger partial charge in [0.25, 0.3) is 0 Å². The first-order chi connectivity index (χ1) is 7.61. The van der Waals surface area contributed by atoms with Gasteiger partial charge in [0, 0.05) is 5.54 Å². The molecule has 1 aliphatic rings. The predicted molar refractivity (Wildman–Crippen MR) is 78.7 cm³/mol. The van der Waals surface area contributed by atoms with Crippen molar-refractivity contribution in [2.45, 2.75) is 61.7 Å². The lowest BCUT2D eigenvalue weighted by atomic mass is 9.99. The lowest BCUT2D eigenvalue weighted by Crippen LogP contribution is -2.55. The fourth-order valence-corrected chi connectivity index (χ4v) is 13.0. The Kier molecular flexibility index (Phi) is 5.16. The van der Waals surface area contributed by atoms with E-state index >= 15 is 0 Å². The van der Waals surface area contributed by atoms with Gasteiger partial charge in [0.2, 0.25) is 8.32 Å². The predicted octanol–water partition coefficient (Wildman–Crippen LogP) is 5.04. The second kappa shape index (κ2) is 5.49. The smallest absolute Gasteiger partial charge is 0.214 e. The minimum Gasteiger partial charge on any atom is -0.454 e. The van der Waals surface area contributed by atoms with Crippen LogP contribution in [0.3, 0.4) is 0 Å².